The molecule has 0 aliphatic rings. The van der Waals surface area contributed by atoms with E-state index >= 15 is 0 Å². The summed E-state index contributed by atoms with van der Waals surface area (Å²) >= 11 is 6.41. The largest absolute Gasteiger partial charge is 0.229 e. The van der Waals surface area contributed by atoms with Gasteiger partial charge in [0.15, 0.2) is 9.84 Å². The summed E-state index contributed by atoms with van der Waals surface area (Å²) < 4.78 is 22.8. The van der Waals surface area contributed by atoms with Crippen LogP contribution in [-0.2, 0) is 16.3 Å². The maximum Gasteiger partial charge on any atom is 0.154 e. The molecule has 0 radical (unpaired) electrons. The van der Waals surface area contributed by atoms with Gasteiger partial charge >= 0.3 is 0 Å². The van der Waals surface area contributed by atoms with Crippen LogP contribution in [0.3, 0.4) is 0 Å². The summed E-state index contributed by atoms with van der Waals surface area (Å²) in [6.07, 6.45) is 1.77. The minimum Gasteiger partial charge on any atom is -0.229 e. The molecule has 0 amide bonds. The first-order chi connectivity index (χ1) is 9.23. The quantitative estimate of drug-likeness (QED) is 0.805. The van der Waals surface area contributed by atoms with E-state index in [0.717, 1.165) is 16.3 Å². The summed E-state index contributed by atoms with van der Waals surface area (Å²) in [5.74, 6) is 0. The fourth-order valence-electron chi connectivity index (χ4n) is 2.14. The van der Waals surface area contributed by atoms with Crippen molar-refractivity contribution in [1.82, 2.24) is 0 Å². The minimum absolute atomic E-state index is 0.469. The highest BCUT2D eigenvalue weighted by molar-refractivity contribution is 7.92. The number of hydrogen-bond donors (Lipinski definition) is 0. The molecular weight excluding hydrogens is 292 g/mol. The van der Waals surface area contributed by atoms with Gasteiger partial charge in [-0.2, -0.15) is 0 Å². The molecule has 1 unspecified atom stereocenters. The van der Waals surface area contributed by atoms with Crippen LogP contribution in [-0.4, -0.2) is 24.8 Å². The first-order valence-electron chi connectivity index (χ1n) is 6.54. The molecule has 1 atom stereocenters. The molecule has 0 aromatic heterocycles. The monoisotopic (exact) mass is 310 g/mol. The van der Waals surface area contributed by atoms with Gasteiger partial charge in [0.25, 0.3) is 0 Å². The van der Waals surface area contributed by atoms with Crippen LogP contribution >= 0.6 is 11.6 Å². The first kappa shape index (κ1) is 15.3. The zero-order chi connectivity index (χ0) is 15.0. The van der Waals surface area contributed by atoms with Crippen LogP contribution in [0, 0.1) is 0 Å². The number of halogens is 1. The molecule has 2 rings (SSSR count). The van der Waals surface area contributed by atoms with Gasteiger partial charge in [-0.05, 0) is 36.6 Å². The Morgan fingerprint density at radius 1 is 1.10 bits per heavy atom. The Kier molecular flexibility index (Phi) is 4.12. The van der Waals surface area contributed by atoms with Crippen molar-refractivity contribution in [3.05, 3.63) is 48.0 Å². The van der Waals surface area contributed by atoms with E-state index in [9.17, 15) is 8.42 Å². The van der Waals surface area contributed by atoms with Gasteiger partial charge in [0, 0.05) is 6.26 Å². The van der Waals surface area contributed by atoms with Gasteiger partial charge in [0.2, 0.25) is 0 Å². The van der Waals surface area contributed by atoms with Crippen molar-refractivity contribution in [2.45, 2.75) is 30.4 Å². The molecule has 0 heterocycles. The Labute approximate surface area is 125 Å². The van der Waals surface area contributed by atoms with Crippen molar-refractivity contribution in [2.24, 2.45) is 0 Å². The molecule has 2 aromatic carbocycles. The lowest BCUT2D eigenvalue weighted by Crippen LogP contribution is -2.41. The van der Waals surface area contributed by atoms with E-state index in [4.69, 9.17) is 11.6 Å². The average Bonchev–Trinajstić information content (AvgIpc) is 2.37. The highest BCUT2D eigenvalue weighted by atomic mass is 35.5. The van der Waals surface area contributed by atoms with E-state index in [2.05, 4.69) is 0 Å². The smallest absolute Gasteiger partial charge is 0.154 e. The molecule has 2 nitrogen and oxygen atoms in total. The average molecular weight is 311 g/mol. The predicted molar refractivity (Wildman–Crippen MR) is 86.2 cm³/mol. The van der Waals surface area contributed by atoms with Gasteiger partial charge in [0.05, 0.1) is 10.1 Å². The van der Waals surface area contributed by atoms with Crippen molar-refractivity contribution in [1.29, 1.82) is 0 Å². The molecule has 0 spiro atoms. The summed E-state index contributed by atoms with van der Waals surface area (Å²) in [4.78, 5) is 0. The summed E-state index contributed by atoms with van der Waals surface area (Å²) in [6, 6.07) is 14.1. The van der Waals surface area contributed by atoms with Crippen molar-refractivity contribution >= 4 is 32.2 Å². The molecule has 0 saturated carbocycles. The van der Waals surface area contributed by atoms with E-state index in [1.54, 1.807) is 13.8 Å². The van der Waals surface area contributed by atoms with Crippen LogP contribution in [0.15, 0.2) is 42.5 Å². The van der Waals surface area contributed by atoms with E-state index in [-0.39, 0.29) is 0 Å². The lowest BCUT2D eigenvalue weighted by atomic mass is 9.96. The van der Waals surface area contributed by atoms with Crippen LogP contribution in [0.2, 0.25) is 0 Å². The number of fused-ring (bicyclic) bond motifs is 1. The number of rotatable bonds is 4. The summed E-state index contributed by atoms with van der Waals surface area (Å²) in [5.41, 5.74) is 1.08. The zero-order valence-electron chi connectivity index (χ0n) is 11.9. The molecule has 0 aliphatic heterocycles. The fourth-order valence-corrected chi connectivity index (χ4v) is 3.34. The third-order valence-electron chi connectivity index (χ3n) is 3.99. The van der Waals surface area contributed by atoms with Crippen LogP contribution < -0.4 is 0 Å². The highest BCUT2D eigenvalue weighted by Crippen LogP contribution is 2.29. The molecular formula is C16H19ClO2S. The summed E-state index contributed by atoms with van der Waals surface area (Å²) in [5, 5.41) is 1.80. The van der Waals surface area contributed by atoms with Crippen molar-refractivity contribution in [3.8, 4) is 0 Å². The lowest BCUT2D eigenvalue weighted by molar-refractivity contribution is 0.537. The molecule has 0 bridgehead atoms. The third kappa shape index (κ3) is 2.84. The molecule has 0 fully saturated rings. The van der Waals surface area contributed by atoms with Crippen LogP contribution in [0.25, 0.3) is 10.8 Å². The van der Waals surface area contributed by atoms with E-state index < -0.39 is 20.0 Å². The first-order valence-corrected chi connectivity index (χ1v) is 8.86. The Morgan fingerprint density at radius 3 is 2.35 bits per heavy atom. The Bertz CT molecular complexity index is 715. The predicted octanol–water partition coefficient (Wildman–Crippen LogP) is 3.81. The summed E-state index contributed by atoms with van der Waals surface area (Å²) in [7, 11) is -3.21. The second-order valence-electron chi connectivity index (χ2n) is 5.69. The maximum absolute atomic E-state index is 11.9. The number of sulfone groups is 1. The molecule has 0 aliphatic carbocycles. The van der Waals surface area contributed by atoms with Crippen LogP contribution in [0.4, 0.5) is 0 Å². The van der Waals surface area contributed by atoms with Gasteiger partial charge in [-0.25, -0.2) is 8.42 Å². The maximum atomic E-state index is 11.9. The van der Waals surface area contributed by atoms with E-state index in [1.165, 1.54) is 6.26 Å². The van der Waals surface area contributed by atoms with Gasteiger partial charge in [-0.3, -0.25) is 0 Å². The van der Waals surface area contributed by atoms with Gasteiger partial charge in [-0.1, -0.05) is 42.5 Å². The molecule has 0 N–H and O–H groups in total. The molecule has 108 valence electrons. The van der Waals surface area contributed by atoms with Crippen molar-refractivity contribution in [2.75, 3.05) is 6.26 Å². The van der Waals surface area contributed by atoms with Crippen molar-refractivity contribution in [3.63, 3.8) is 0 Å². The number of benzene rings is 2. The fraction of sp³-hybridized carbons (Fsp3) is 0.375. The minimum atomic E-state index is -3.21. The van der Waals surface area contributed by atoms with E-state index in [1.807, 2.05) is 42.5 Å². The lowest BCUT2D eigenvalue weighted by Gasteiger charge is -2.28. The normalized spacial score (nSPS) is 14.4. The Morgan fingerprint density at radius 2 is 1.70 bits per heavy atom. The second kappa shape index (κ2) is 5.38. The third-order valence-corrected chi connectivity index (χ3v) is 7.01. The van der Waals surface area contributed by atoms with Gasteiger partial charge in [-0.15, -0.1) is 11.6 Å². The Hall–Kier alpha value is -1.06. The Balaban J connectivity index is 2.38. The number of alkyl halides is 1. The molecule has 0 saturated heterocycles. The molecule has 20 heavy (non-hydrogen) atoms. The SMILES string of the molecule is CC(C)(C(Cl)Cc1cccc2ccccc12)S(C)(=O)=O. The van der Waals surface area contributed by atoms with Gasteiger partial charge < -0.3 is 0 Å². The zero-order valence-corrected chi connectivity index (χ0v) is 13.5. The highest BCUT2D eigenvalue weighted by Gasteiger charge is 2.38. The molecule has 2 aromatic rings. The second-order valence-corrected chi connectivity index (χ2v) is 8.81. The van der Waals surface area contributed by atoms with E-state index in [0.29, 0.717) is 6.42 Å². The van der Waals surface area contributed by atoms with Crippen LogP contribution in [0.5, 0.6) is 0 Å². The van der Waals surface area contributed by atoms with Gasteiger partial charge in [0.1, 0.15) is 0 Å². The summed E-state index contributed by atoms with van der Waals surface area (Å²) in [6.45, 7) is 3.37. The number of hydrogen-bond acceptors (Lipinski definition) is 2. The van der Waals surface area contributed by atoms with Crippen LogP contribution in [0.1, 0.15) is 19.4 Å². The topological polar surface area (TPSA) is 34.1 Å². The standard InChI is InChI=1S/C16H19ClO2S/c1-16(2,20(3,18)19)15(17)11-13-9-6-8-12-7-4-5-10-14(12)13/h4-10,15H,11H2,1-3H3. The molecule has 4 heteroatoms. The van der Waals surface area contributed by atoms with Crippen molar-refractivity contribution < 1.29 is 8.42 Å².